The molecule has 0 aliphatic carbocycles. The molecule has 2 aromatic rings. The van der Waals surface area contributed by atoms with Gasteiger partial charge in [-0.05, 0) is 29.3 Å². The molecule has 0 radical (unpaired) electrons. The largest absolute Gasteiger partial charge is 0.388 e. The van der Waals surface area contributed by atoms with Crippen molar-refractivity contribution in [3.05, 3.63) is 58.4 Å². The van der Waals surface area contributed by atoms with Gasteiger partial charge in [0.25, 0.3) is 0 Å². The van der Waals surface area contributed by atoms with Crippen LogP contribution >= 0.6 is 23.4 Å². The fourth-order valence-corrected chi connectivity index (χ4v) is 3.41. The molecule has 1 atom stereocenters. The Bertz CT molecular complexity index is 615. The third-order valence-electron chi connectivity index (χ3n) is 3.02. The van der Waals surface area contributed by atoms with Crippen LogP contribution < -0.4 is 0 Å². The van der Waals surface area contributed by atoms with Gasteiger partial charge in [-0.1, -0.05) is 41.6 Å². The van der Waals surface area contributed by atoms with Crippen molar-refractivity contribution in [2.45, 2.75) is 22.3 Å². The van der Waals surface area contributed by atoms with Crippen LogP contribution in [0.3, 0.4) is 0 Å². The highest BCUT2D eigenvalue weighted by atomic mass is 35.5. The highest BCUT2D eigenvalue weighted by Gasteiger charge is 2.22. The van der Waals surface area contributed by atoms with Crippen molar-refractivity contribution in [1.29, 1.82) is 0 Å². The second-order valence-electron chi connectivity index (χ2n) is 4.23. The van der Waals surface area contributed by atoms with E-state index < -0.39 is 11.9 Å². The zero-order valence-corrected chi connectivity index (χ0v) is 10.9. The molecule has 1 aliphatic rings. The fourth-order valence-electron chi connectivity index (χ4n) is 2.10. The summed E-state index contributed by atoms with van der Waals surface area (Å²) in [6, 6.07) is 10.8. The summed E-state index contributed by atoms with van der Waals surface area (Å²) in [6.45, 7) is 0. The Kier molecular flexibility index (Phi) is 3.06. The summed E-state index contributed by atoms with van der Waals surface area (Å²) in [5.41, 5.74) is 1.77. The van der Waals surface area contributed by atoms with Crippen LogP contribution in [-0.4, -0.2) is 5.11 Å². The standard InChI is InChI=1S/C14H10ClFOS/c15-10-6-9-12(17)5-8-3-1-2-4-13(8)18-14(9)7-11(10)16/h1-4,6-7,12,17H,5H2. The first-order valence-corrected chi connectivity index (χ1v) is 6.77. The van der Waals surface area contributed by atoms with Gasteiger partial charge in [0, 0.05) is 16.2 Å². The van der Waals surface area contributed by atoms with Gasteiger partial charge in [0.05, 0.1) is 11.1 Å². The number of hydrogen-bond donors (Lipinski definition) is 1. The Balaban J connectivity index is 2.16. The number of halogens is 2. The number of rotatable bonds is 0. The van der Waals surface area contributed by atoms with Gasteiger partial charge < -0.3 is 5.11 Å². The Morgan fingerprint density at radius 2 is 2.00 bits per heavy atom. The van der Waals surface area contributed by atoms with E-state index >= 15 is 0 Å². The Morgan fingerprint density at radius 1 is 1.22 bits per heavy atom. The van der Waals surface area contributed by atoms with Crippen LogP contribution in [-0.2, 0) is 6.42 Å². The van der Waals surface area contributed by atoms with Gasteiger partial charge in [-0.3, -0.25) is 0 Å². The van der Waals surface area contributed by atoms with E-state index in [1.165, 1.54) is 23.9 Å². The molecule has 0 fully saturated rings. The molecule has 0 bridgehead atoms. The van der Waals surface area contributed by atoms with Gasteiger partial charge in [0.2, 0.25) is 0 Å². The van der Waals surface area contributed by atoms with Crippen LogP contribution in [0.1, 0.15) is 17.2 Å². The molecule has 0 saturated heterocycles. The zero-order valence-electron chi connectivity index (χ0n) is 9.36. The minimum absolute atomic E-state index is 0.0550. The van der Waals surface area contributed by atoms with Crippen molar-refractivity contribution in [1.82, 2.24) is 0 Å². The maximum Gasteiger partial charge on any atom is 0.142 e. The van der Waals surface area contributed by atoms with Crippen molar-refractivity contribution in [3.63, 3.8) is 0 Å². The minimum Gasteiger partial charge on any atom is -0.388 e. The molecule has 3 rings (SSSR count). The maximum atomic E-state index is 13.5. The highest BCUT2D eigenvalue weighted by molar-refractivity contribution is 7.99. The van der Waals surface area contributed by atoms with Crippen LogP contribution in [0.15, 0.2) is 46.2 Å². The molecule has 1 nitrogen and oxygen atoms in total. The molecule has 2 aromatic carbocycles. The van der Waals surface area contributed by atoms with E-state index in [0.717, 1.165) is 15.4 Å². The summed E-state index contributed by atoms with van der Waals surface area (Å²) < 4.78 is 13.5. The number of hydrogen-bond acceptors (Lipinski definition) is 2. The van der Waals surface area contributed by atoms with Crippen LogP contribution in [0.25, 0.3) is 0 Å². The quantitative estimate of drug-likeness (QED) is 0.780. The first-order chi connectivity index (χ1) is 8.65. The van der Waals surface area contributed by atoms with Gasteiger partial charge in [-0.15, -0.1) is 0 Å². The molecule has 1 unspecified atom stereocenters. The first-order valence-electron chi connectivity index (χ1n) is 5.58. The van der Waals surface area contributed by atoms with E-state index in [4.69, 9.17) is 11.6 Å². The molecular weight excluding hydrogens is 271 g/mol. The number of aliphatic hydroxyl groups is 1. The lowest BCUT2D eigenvalue weighted by atomic mass is 10.0. The SMILES string of the molecule is OC1Cc2ccccc2Sc2cc(F)c(Cl)cc21. The zero-order chi connectivity index (χ0) is 12.7. The van der Waals surface area contributed by atoms with E-state index in [-0.39, 0.29) is 5.02 Å². The molecule has 1 aliphatic heterocycles. The lowest BCUT2D eigenvalue weighted by Gasteiger charge is -2.11. The molecule has 0 spiro atoms. The molecule has 0 aromatic heterocycles. The van der Waals surface area contributed by atoms with Crippen molar-refractivity contribution in [2.24, 2.45) is 0 Å². The van der Waals surface area contributed by atoms with Crippen molar-refractivity contribution in [2.75, 3.05) is 0 Å². The van der Waals surface area contributed by atoms with Crippen LogP contribution in [0.5, 0.6) is 0 Å². The molecule has 0 saturated carbocycles. The Hall–Kier alpha value is -1.03. The molecule has 92 valence electrons. The average Bonchev–Trinajstić information content (AvgIpc) is 2.47. The third kappa shape index (κ3) is 2.03. The lowest BCUT2D eigenvalue weighted by Crippen LogP contribution is -2.02. The monoisotopic (exact) mass is 280 g/mol. The molecule has 0 amide bonds. The van der Waals surface area contributed by atoms with E-state index in [1.54, 1.807) is 0 Å². The maximum absolute atomic E-state index is 13.5. The van der Waals surface area contributed by atoms with Gasteiger partial charge in [0.1, 0.15) is 5.82 Å². The van der Waals surface area contributed by atoms with Crippen molar-refractivity contribution >= 4 is 23.4 Å². The van der Waals surface area contributed by atoms with E-state index in [0.29, 0.717) is 12.0 Å². The number of aliphatic hydroxyl groups excluding tert-OH is 1. The highest BCUT2D eigenvalue weighted by Crippen LogP contribution is 2.42. The molecule has 1 N–H and O–H groups in total. The van der Waals surface area contributed by atoms with Crippen LogP contribution in [0.2, 0.25) is 5.02 Å². The molecule has 1 heterocycles. The van der Waals surface area contributed by atoms with Gasteiger partial charge in [0.15, 0.2) is 0 Å². The smallest absolute Gasteiger partial charge is 0.142 e. The van der Waals surface area contributed by atoms with E-state index in [1.807, 2.05) is 24.3 Å². The molecular formula is C14H10ClFOS. The predicted octanol–water partition coefficient (Wildman–Crippen LogP) is 4.22. The van der Waals surface area contributed by atoms with E-state index in [2.05, 4.69) is 0 Å². The predicted molar refractivity (Wildman–Crippen MR) is 70.6 cm³/mol. The van der Waals surface area contributed by atoms with Crippen LogP contribution in [0.4, 0.5) is 4.39 Å². The summed E-state index contributed by atoms with van der Waals surface area (Å²) in [7, 11) is 0. The topological polar surface area (TPSA) is 20.2 Å². The Labute approximate surface area is 114 Å². The second kappa shape index (κ2) is 4.57. The van der Waals surface area contributed by atoms with Crippen molar-refractivity contribution in [3.8, 4) is 0 Å². The number of fused-ring (bicyclic) bond motifs is 2. The third-order valence-corrected chi connectivity index (χ3v) is 4.50. The molecule has 4 heteroatoms. The van der Waals surface area contributed by atoms with Gasteiger partial charge in [-0.25, -0.2) is 4.39 Å². The summed E-state index contributed by atoms with van der Waals surface area (Å²) in [5, 5.41) is 10.3. The van der Waals surface area contributed by atoms with Gasteiger partial charge in [-0.2, -0.15) is 0 Å². The van der Waals surface area contributed by atoms with Crippen LogP contribution in [0, 0.1) is 5.82 Å². The summed E-state index contributed by atoms with van der Waals surface area (Å²) in [6.07, 6.45) is -0.118. The first kappa shape index (κ1) is 12.0. The Morgan fingerprint density at radius 3 is 2.83 bits per heavy atom. The summed E-state index contributed by atoms with van der Waals surface area (Å²) in [4.78, 5) is 1.78. The van der Waals surface area contributed by atoms with Crippen molar-refractivity contribution < 1.29 is 9.50 Å². The van der Waals surface area contributed by atoms with E-state index in [9.17, 15) is 9.50 Å². The normalized spacial score (nSPS) is 17.8. The minimum atomic E-state index is -0.644. The van der Waals surface area contributed by atoms with Gasteiger partial charge >= 0.3 is 0 Å². The second-order valence-corrected chi connectivity index (χ2v) is 5.72. The average molecular weight is 281 g/mol. The summed E-state index contributed by atoms with van der Waals surface area (Å²) in [5.74, 6) is -0.450. The molecule has 18 heavy (non-hydrogen) atoms. The fraction of sp³-hybridized carbons (Fsp3) is 0.143. The number of benzene rings is 2. The summed E-state index contributed by atoms with van der Waals surface area (Å²) >= 11 is 7.25. The lowest BCUT2D eigenvalue weighted by molar-refractivity contribution is 0.175.